The maximum Gasteiger partial charge on any atom is 0.241 e. The van der Waals surface area contributed by atoms with Crippen LogP contribution in [0.15, 0.2) is 47.4 Å². The van der Waals surface area contributed by atoms with Crippen LogP contribution in [-0.4, -0.2) is 34.9 Å². The summed E-state index contributed by atoms with van der Waals surface area (Å²) in [5.74, 6) is 0.737. The highest BCUT2D eigenvalue weighted by Crippen LogP contribution is 2.38. The van der Waals surface area contributed by atoms with Crippen molar-refractivity contribution in [3.63, 3.8) is 0 Å². The van der Waals surface area contributed by atoms with Gasteiger partial charge in [-0.05, 0) is 43.5 Å². The first-order valence-electron chi connectivity index (χ1n) is 10.7. The molecule has 33 heavy (non-hydrogen) atoms. The van der Waals surface area contributed by atoms with E-state index in [1.165, 1.54) is 12.1 Å². The number of aromatic nitrogens is 4. The lowest BCUT2D eigenvalue weighted by molar-refractivity contribution is 0.201. The van der Waals surface area contributed by atoms with Gasteiger partial charge in [-0.15, -0.1) is 5.10 Å². The predicted octanol–water partition coefficient (Wildman–Crippen LogP) is 3.68. The lowest BCUT2D eigenvalue weighted by atomic mass is 10.0. The van der Waals surface area contributed by atoms with Gasteiger partial charge in [0.05, 0.1) is 21.5 Å². The van der Waals surface area contributed by atoms with Gasteiger partial charge in [0, 0.05) is 29.8 Å². The molecular formula is C22H21FN6O3S. The number of halogens is 1. The average Bonchev–Trinajstić information content (AvgIpc) is 3.58. The largest absolute Gasteiger partial charge is 0.473 e. The summed E-state index contributed by atoms with van der Waals surface area (Å²) in [6.07, 6.45) is 2.70. The number of benzene rings is 2. The molecular weight excluding hydrogens is 447 g/mol. The Kier molecular flexibility index (Phi) is 4.63. The molecule has 11 heteroatoms. The number of hydrogen-bond donors (Lipinski definition) is 4. The van der Waals surface area contributed by atoms with E-state index < -0.39 is 15.8 Å². The molecule has 1 aliphatic heterocycles. The zero-order valence-electron chi connectivity index (χ0n) is 17.4. The SMILES string of the molecule is O=S1(=O)NCc2c1ccc(Nc1cc([C@H]3CC[C@@H](Oc4n[nH]c5ccccc45)C3)[nH]n1)c2F. The van der Waals surface area contributed by atoms with Crippen molar-refractivity contribution in [3.05, 3.63) is 59.5 Å². The van der Waals surface area contributed by atoms with Gasteiger partial charge in [0.25, 0.3) is 0 Å². The molecule has 1 saturated carbocycles. The molecule has 0 amide bonds. The van der Waals surface area contributed by atoms with Crippen LogP contribution in [0.25, 0.3) is 10.9 Å². The fourth-order valence-electron chi connectivity index (χ4n) is 4.62. The normalized spacial score (nSPS) is 21.4. The maximum absolute atomic E-state index is 14.8. The molecule has 0 radical (unpaired) electrons. The second-order valence-electron chi connectivity index (χ2n) is 8.39. The molecule has 1 fully saturated rings. The number of anilines is 2. The van der Waals surface area contributed by atoms with Crippen LogP contribution in [-0.2, 0) is 16.6 Å². The Bertz CT molecular complexity index is 1460. The molecule has 2 aromatic carbocycles. The van der Waals surface area contributed by atoms with E-state index in [0.29, 0.717) is 11.7 Å². The van der Waals surface area contributed by atoms with Gasteiger partial charge in [-0.2, -0.15) is 5.10 Å². The molecule has 0 saturated heterocycles. The van der Waals surface area contributed by atoms with E-state index in [1.807, 2.05) is 30.3 Å². The van der Waals surface area contributed by atoms with Crippen LogP contribution in [0.2, 0.25) is 0 Å². The zero-order valence-corrected chi connectivity index (χ0v) is 18.2. The number of nitrogens with one attached hydrogen (secondary N) is 4. The van der Waals surface area contributed by atoms with Crippen LogP contribution >= 0.6 is 0 Å². The first kappa shape index (κ1) is 20.2. The van der Waals surface area contributed by atoms with Crippen molar-refractivity contribution in [2.24, 2.45) is 0 Å². The standard InChI is InChI=1S/C22H21FN6O3S/c23-21-15-11-24-33(30,31)19(15)8-7-17(21)25-20-10-18(27-28-20)12-5-6-13(9-12)32-22-14-3-1-2-4-16(14)26-29-22/h1-4,7-8,10,12-13,24H,5-6,9,11H2,(H,26,29)(H2,25,27,28)/t12-,13+/m0/s1. The quantitative estimate of drug-likeness (QED) is 0.354. The molecule has 0 spiro atoms. The molecule has 3 heterocycles. The molecule has 2 aromatic heterocycles. The first-order valence-corrected chi connectivity index (χ1v) is 12.2. The fraction of sp³-hybridized carbons (Fsp3) is 0.273. The number of ether oxygens (including phenoxy) is 1. The Morgan fingerprint density at radius 2 is 1.97 bits per heavy atom. The minimum Gasteiger partial charge on any atom is -0.473 e. The summed E-state index contributed by atoms with van der Waals surface area (Å²) in [5.41, 5.74) is 2.21. The third-order valence-electron chi connectivity index (χ3n) is 6.33. The van der Waals surface area contributed by atoms with E-state index in [0.717, 1.165) is 35.9 Å². The van der Waals surface area contributed by atoms with Crippen LogP contribution in [0, 0.1) is 5.82 Å². The number of para-hydroxylation sites is 1. The van der Waals surface area contributed by atoms with Gasteiger partial charge in [0.15, 0.2) is 11.6 Å². The number of sulfonamides is 1. The first-order chi connectivity index (χ1) is 16.0. The molecule has 1 aliphatic carbocycles. The zero-order chi connectivity index (χ0) is 22.6. The number of H-pyrrole nitrogens is 2. The Balaban J connectivity index is 1.14. The predicted molar refractivity (Wildman–Crippen MR) is 119 cm³/mol. The van der Waals surface area contributed by atoms with E-state index in [2.05, 4.69) is 30.4 Å². The van der Waals surface area contributed by atoms with Crippen molar-refractivity contribution >= 4 is 32.4 Å². The highest BCUT2D eigenvalue weighted by Gasteiger charge is 2.31. The van der Waals surface area contributed by atoms with Gasteiger partial charge >= 0.3 is 0 Å². The smallest absolute Gasteiger partial charge is 0.241 e. The van der Waals surface area contributed by atoms with Crippen molar-refractivity contribution in [3.8, 4) is 5.88 Å². The van der Waals surface area contributed by atoms with Crippen LogP contribution in [0.3, 0.4) is 0 Å². The second-order valence-corrected chi connectivity index (χ2v) is 10.1. The van der Waals surface area contributed by atoms with E-state index >= 15 is 0 Å². The van der Waals surface area contributed by atoms with Crippen LogP contribution in [0.4, 0.5) is 15.9 Å². The Morgan fingerprint density at radius 1 is 1.09 bits per heavy atom. The van der Waals surface area contributed by atoms with Crippen molar-refractivity contribution in [1.82, 2.24) is 25.1 Å². The average molecular weight is 469 g/mol. The topological polar surface area (TPSA) is 125 Å². The minimum absolute atomic E-state index is 0.0186. The molecule has 4 aromatic rings. The molecule has 0 unspecified atom stereocenters. The molecule has 2 aliphatic rings. The lowest BCUT2D eigenvalue weighted by Gasteiger charge is -2.11. The Morgan fingerprint density at radius 3 is 2.88 bits per heavy atom. The molecule has 0 bridgehead atoms. The summed E-state index contributed by atoms with van der Waals surface area (Å²) in [4.78, 5) is -0.0186. The molecule has 4 N–H and O–H groups in total. The summed E-state index contributed by atoms with van der Waals surface area (Å²) in [5, 5.41) is 18.5. The fourth-order valence-corrected chi connectivity index (χ4v) is 5.85. The summed E-state index contributed by atoms with van der Waals surface area (Å²) in [6, 6.07) is 12.5. The number of fused-ring (bicyclic) bond motifs is 2. The van der Waals surface area contributed by atoms with E-state index in [9.17, 15) is 12.8 Å². The third kappa shape index (κ3) is 3.53. The summed E-state index contributed by atoms with van der Waals surface area (Å²) in [6.45, 7) is -0.0560. The van der Waals surface area contributed by atoms with E-state index in [4.69, 9.17) is 4.74 Å². The minimum atomic E-state index is -3.62. The van der Waals surface area contributed by atoms with E-state index in [1.54, 1.807) is 0 Å². The number of rotatable bonds is 5. The van der Waals surface area contributed by atoms with Gasteiger partial charge < -0.3 is 10.1 Å². The second kappa shape index (κ2) is 7.56. The molecule has 9 nitrogen and oxygen atoms in total. The van der Waals surface area contributed by atoms with Crippen molar-refractivity contribution in [2.45, 2.75) is 42.7 Å². The number of nitrogens with zero attached hydrogens (tertiary/aromatic N) is 2. The lowest BCUT2D eigenvalue weighted by Crippen LogP contribution is -2.13. The maximum atomic E-state index is 14.8. The molecule has 2 atom stereocenters. The molecule has 6 rings (SSSR count). The van der Waals surface area contributed by atoms with Crippen molar-refractivity contribution in [2.75, 3.05) is 5.32 Å². The van der Waals surface area contributed by atoms with Gasteiger partial charge in [0.2, 0.25) is 15.9 Å². The van der Waals surface area contributed by atoms with Gasteiger partial charge in [-0.25, -0.2) is 17.5 Å². The van der Waals surface area contributed by atoms with Gasteiger partial charge in [-0.1, -0.05) is 12.1 Å². The Hall–Kier alpha value is -3.44. The number of aromatic amines is 2. The summed E-state index contributed by atoms with van der Waals surface area (Å²) in [7, 11) is -3.62. The highest BCUT2D eigenvalue weighted by molar-refractivity contribution is 7.89. The van der Waals surface area contributed by atoms with Crippen LogP contribution < -0.4 is 14.8 Å². The summed E-state index contributed by atoms with van der Waals surface area (Å²) >= 11 is 0. The third-order valence-corrected chi connectivity index (χ3v) is 7.81. The van der Waals surface area contributed by atoms with Gasteiger partial charge in [-0.3, -0.25) is 10.2 Å². The summed E-state index contributed by atoms with van der Waals surface area (Å²) < 4.78 is 47.1. The van der Waals surface area contributed by atoms with Crippen molar-refractivity contribution < 1.29 is 17.5 Å². The number of hydrogen-bond acceptors (Lipinski definition) is 6. The highest BCUT2D eigenvalue weighted by atomic mass is 32.2. The van der Waals surface area contributed by atoms with Gasteiger partial charge in [0.1, 0.15) is 6.10 Å². The van der Waals surface area contributed by atoms with Crippen LogP contribution in [0.5, 0.6) is 5.88 Å². The van der Waals surface area contributed by atoms with Crippen LogP contribution in [0.1, 0.15) is 36.4 Å². The monoisotopic (exact) mass is 468 g/mol. The van der Waals surface area contributed by atoms with Crippen molar-refractivity contribution in [1.29, 1.82) is 0 Å². The molecule has 170 valence electrons. The van der Waals surface area contributed by atoms with E-state index in [-0.39, 0.29) is 34.7 Å². The Labute approximate surface area is 188 Å².